The van der Waals surface area contributed by atoms with E-state index in [2.05, 4.69) is 16.2 Å². The molecule has 0 radical (unpaired) electrons. The van der Waals surface area contributed by atoms with Crippen LogP contribution in [0, 0.1) is 13.8 Å². The van der Waals surface area contributed by atoms with Crippen LogP contribution in [0.1, 0.15) is 41.3 Å². The number of hydrogen-bond donors (Lipinski definition) is 3. The van der Waals surface area contributed by atoms with E-state index in [1.807, 2.05) is 39.0 Å². The molecule has 7 heteroatoms. The number of nitrogens with one attached hydrogen (secondary N) is 3. The fraction of sp³-hybridized carbons (Fsp3) is 0.286. The Hall–Kier alpha value is -3.35. The minimum atomic E-state index is -0.463. The Labute approximate surface area is 164 Å². The van der Waals surface area contributed by atoms with Crippen LogP contribution in [0.5, 0.6) is 5.75 Å². The van der Waals surface area contributed by atoms with Gasteiger partial charge in [-0.05, 0) is 50.6 Å². The molecule has 28 heavy (non-hydrogen) atoms. The maximum Gasteiger partial charge on any atom is 0.269 e. The Kier molecular flexibility index (Phi) is 7.56. The van der Waals surface area contributed by atoms with Gasteiger partial charge in [0.15, 0.2) is 0 Å². The molecule has 3 amide bonds. The van der Waals surface area contributed by atoms with Crippen molar-refractivity contribution >= 4 is 23.4 Å². The minimum Gasteiger partial charge on any atom is -0.494 e. The molecule has 7 nitrogen and oxygen atoms in total. The topological polar surface area (TPSA) is 96.5 Å². The Morgan fingerprint density at radius 1 is 0.929 bits per heavy atom. The van der Waals surface area contributed by atoms with Crippen LogP contribution in [0.25, 0.3) is 0 Å². The van der Waals surface area contributed by atoms with Crippen molar-refractivity contribution in [2.24, 2.45) is 0 Å². The summed E-state index contributed by atoms with van der Waals surface area (Å²) in [5, 5.41) is 2.78. The number of aryl methyl sites for hydroxylation is 2. The van der Waals surface area contributed by atoms with Crippen molar-refractivity contribution in [1.29, 1.82) is 0 Å². The predicted molar refractivity (Wildman–Crippen MR) is 107 cm³/mol. The zero-order valence-electron chi connectivity index (χ0n) is 16.3. The summed E-state index contributed by atoms with van der Waals surface area (Å²) < 4.78 is 5.34. The number of amides is 3. The number of hydrogen-bond acceptors (Lipinski definition) is 4. The second kappa shape index (κ2) is 10.1. The highest BCUT2D eigenvalue weighted by molar-refractivity contribution is 5.97. The molecule has 2 rings (SSSR count). The maximum atomic E-state index is 12.1. The summed E-state index contributed by atoms with van der Waals surface area (Å²) in [4.78, 5) is 36.0. The highest BCUT2D eigenvalue weighted by Gasteiger charge is 2.11. The number of rotatable bonds is 7. The first-order chi connectivity index (χ1) is 13.4. The predicted octanol–water partition coefficient (Wildman–Crippen LogP) is 2.88. The van der Waals surface area contributed by atoms with Crippen molar-refractivity contribution < 1.29 is 19.1 Å². The normalized spacial score (nSPS) is 10.1. The third kappa shape index (κ3) is 6.42. The summed E-state index contributed by atoms with van der Waals surface area (Å²) in [6.45, 7) is 6.23. The van der Waals surface area contributed by atoms with Gasteiger partial charge in [-0.25, -0.2) is 0 Å². The van der Waals surface area contributed by atoms with Crippen LogP contribution in [0.15, 0.2) is 42.5 Å². The van der Waals surface area contributed by atoms with Gasteiger partial charge in [-0.1, -0.05) is 23.8 Å². The van der Waals surface area contributed by atoms with Crippen molar-refractivity contribution in [3.05, 3.63) is 59.2 Å². The van der Waals surface area contributed by atoms with Crippen molar-refractivity contribution in [3.63, 3.8) is 0 Å². The van der Waals surface area contributed by atoms with E-state index in [4.69, 9.17) is 4.74 Å². The smallest absolute Gasteiger partial charge is 0.269 e. The van der Waals surface area contributed by atoms with Crippen molar-refractivity contribution in [1.82, 2.24) is 10.9 Å². The molecular formula is C21H25N3O4. The van der Waals surface area contributed by atoms with E-state index in [1.54, 1.807) is 24.3 Å². The molecule has 0 unspecified atom stereocenters. The zero-order chi connectivity index (χ0) is 20.5. The van der Waals surface area contributed by atoms with E-state index in [9.17, 15) is 14.4 Å². The second-order valence-electron chi connectivity index (χ2n) is 6.33. The van der Waals surface area contributed by atoms with Crippen LogP contribution < -0.4 is 20.9 Å². The van der Waals surface area contributed by atoms with E-state index in [0.29, 0.717) is 17.9 Å². The van der Waals surface area contributed by atoms with Gasteiger partial charge in [0.25, 0.3) is 5.91 Å². The molecule has 0 aliphatic carbocycles. The van der Waals surface area contributed by atoms with E-state index in [0.717, 1.165) is 16.8 Å². The first-order valence-electron chi connectivity index (χ1n) is 9.08. The Morgan fingerprint density at radius 3 is 2.39 bits per heavy atom. The van der Waals surface area contributed by atoms with Crippen LogP contribution >= 0.6 is 0 Å². The number of hydrazine groups is 1. The summed E-state index contributed by atoms with van der Waals surface area (Å²) in [7, 11) is 0. The van der Waals surface area contributed by atoms with E-state index < -0.39 is 11.8 Å². The first kappa shape index (κ1) is 21.0. The first-order valence-corrected chi connectivity index (χ1v) is 9.08. The SMILES string of the molecule is CCOc1cccc(C(=O)NNC(=O)CCC(=O)Nc2ccc(C)cc2C)c1. The molecule has 0 spiro atoms. The third-order valence-corrected chi connectivity index (χ3v) is 3.96. The van der Waals surface area contributed by atoms with Crippen LogP contribution in [0.4, 0.5) is 5.69 Å². The number of carbonyl (C=O) groups excluding carboxylic acids is 3. The van der Waals surface area contributed by atoms with Gasteiger partial charge in [0.1, 0.15) is 5.75 Å². The van der Waals surface area contributed by atoms with Gasteiger partial charge in [0.2, 0.25) is 11.8 Å². The molecule has 0 heterocycles. The summed E-state index contributed by atoms with van der Waals surface area (Å²) in [6, 6.07) is 12.3. The van der Waals surface area contributed by atoms with Gasteiger partial charge in [-0.15, -0.1) is 0 Å². The summed E-state index contributed by atoms with van der Waals surface area (Å²) >= 11 is 0. The molecule has 0 saturated heterocycles. The van der Waals surface area contributed by atoms with Gasteiger partial charge in [-0.3, -0.25) is 25.2 Å². The molecule has 0 atom stereocenters. The molecule has 0 aromatic heterocycles. The van der Waals surface area contributed by atoms with E-state index >= 15 is 0 Å². The van der Waals surface area contributed by atoms with E-state index in [1.165, 1.54) is 0 Å². The number of benzene rings is 2. The van der Waals surface area contributed by atoms with Crippen LogP contribution in [-0.2, 0) is 9.59 Å². The fourth-order valence-electron chi connectivity index (χ4n) is 2.55. The number of anilines is 1. The summed E-state index contributed by atoms with van der Waals surface area (Å²) in [5.74, 6) is -0.609. The fourth-order valence-corrected chi connectivity index (χ4v) is 2.55. The molecule has 148 valence electrons. The lowest BCUT2D eigenvalue weighted by molar-refractivity contribution is -0.124. The lowest BCUT2D eigenvalue weighted by Crippen LogP contribution is -2.41. The lowest BCUT2D eigenvalue weighted by atomic mass is 10.1. The largest absolute Gasteiger partial charge is 0.494 e. The molecule has 0 bridgehead atoms. The Morgan fingerprint density at radius 2 is 1.68 bits per heavy atom. The number of carbonyl (C=O) groups is 3. The van der Waals surface area contributed by atoms with Crippen molar-refractivity contribution in [3.8, 4) is 5.75 Å². The zero-order valence-corrected chi connectivity index (χ0v) is 16.3. The highest BCUT2D eigenvalue weighted by atomic mass is 16.5. The number of ether oxygens (including phenoxy) is 1. The highest BCUT2D eigenvalue weighted by Crippen LogP contribution is 2.16. The second-order valence-corrected chi connectivity index (χ2v) is 6.33. The molecule has 3 N–H and O–H groups in total. The molecular weight excluding hydrogens is 358 g/mol. The average Bonchev–Trinajstić information content (AvgIpc) is 2.67. The van der Waals surface area contributed by atoms with Crippen molar-refractivity contribution in [2.45, 2.75) is 33.6 Å². The molecule has 0 aliphatic heterocycles. The third-order valence-electron chi connectivity index (χ3n) is 3.96. The monoisotopic (exact) mass is 383 g/mol. The van der Waals surface area contributed by atoms with Gasteiger partial charge < -0.3 is 10.1 Å². The molecule has 0 saturated carbocycles. The standard InChI is InChI=1S/C21H25N3O4/c1-4-28-17-7-5-6-16(13-17)21(27)24-23-20(26)11-10-19(25)22-18-9-8-14(2)12-15(18)3/h5-9,12-13H,4,10-11H2,1-3H3,(H,22,25)(H,23,26)(H,24,27). The lowest BCUT2D eigenvalue weighted by Gasteiger charge is -2.10. The molecule has 2 aromatic carbocycles. The Bertz CT molecular complexity index is 864. The van der Waals surface area contributed by atoms with Gasteiger partial charge in [-0.2, -0.15) is 0 Å². The Balaban J connectivity index is 1.76. The summed E-state index contributed by atoms with van der Waals surface area (Å²) in [6.07, 6.45) is -0.0369. The molecule has 0 aliphatic rings. The maximum absolute atomic E-state index is 12.1. The molecule has 2 aromatic rings. The van der Waals surface area contributed by atoms with E-state index in [-0.39, 0.29) is 18.7 Å². The minimum absolute atomic E-state index is 0.00878. The van der Waals surface area contributed by atoms with Gasteiger partial charge in [0, 0.05) is 24.1 Å². The van der Waals surface area contributed by atoms with Gasteiger partial charge >= 0.3 is 0 Å². The average molecular weight is 383 g/mol. The quantitative estimate of drug-likeness (QED) is 0.641. The molecule has 0 fully saturated rings. The van der Waals surface area contributed by atoms with Crippen LogP contribution in [0.2, 0.25) is 0 Å². The summed E-state index contributed by atoms with van der Waals surface area (Å²) in [5.41, 5.74) is 7.79. The van der Waals surface area contributed by atoms with Crippen molar-refractivity contribution in [2.75, 3.05) is 11.9 Å². The van der Waals surface area contributed by atoms with Gasteiger partial charge in [0.05, 0.1) is 6.61 Å². The van der Waals surface area contributed by atoms with Crippen LogP contribution in [0.3, 0.4) is 0 Å². The van der Waals surface area contributed by atoms with Crippen LogP contribution in [-0.4, -0.2) is 24.3 Å².